The fourth-order valence-corrected chi connectivity index (χ4v) is 1.29. The minimum Gasteiger partial charge on any atom is -0.342 e. The Hall–Kier alpha value is -1.05. The van der Waals surface area contributed by atoms with Gasteiger partial charge >= 0.3 is 0 Å². The third kappa shape index (κ3) is 1.76. The number of aromatic amines is 1. The van der Waals surface area contributed by atoms with Crippen molar-refractivity contribution in [3.63, 3.8) is 0 Å². The van der Waals surface area contributed by atoms with Crippen LogP contribution in [-0.4, -0.2) is 9.97 Å². The molecule has 0 radical (unpaired) electrons. The van der Waals surface area contributed by atoms with Gasteiger partial charge in [0.05, 0.1) is 10.7 Å². The number of fused-ring (bicyclic) bond motifs is 1. The van der Waals surface area contributed by atoms with Crippen LogP contribution < -0.4 is 10.7 Å². The molecule has 0 amide bonds. The molecule has 0 aromatic carbocycles. The van der Waals surface area contributed by atoms with Crippen LogP contribution in [0.15, 0.2) is 0 Å². The summed E-state index contributed by atoms with van der Waals surface area (Å²) in [6.07, 6.45) is 6.67. The minimum atomic E-state index is 1.01. The highest BCUT2D eigenvalue weighted by Gasteiger charge is 1.95. The maximum Gasteiger partial charge on any atom is 0.104 e. The van der Waals surface area contributed by atoms with E-state index in [0.717, 1.165) is 24.0 Å². The van der Waals surface area contributed by atoms with Gasteiger partial charge in [-0.05, 0) is 19.8 Å². The zero-order valence-corrected chi connectivity index (χ0v) is 8.02. The SMILES string of the molecule is CC.Cc1nc2c([nH]1)=CCCC=2. The van der Waals surface area contributed by atoms with E-state index in [1.54, 1.807) is 0 Å². The molecule has 0 aliphatic heterocycles. The summed E-state index contributed by atoms with van der Waals surface area (Å²) < 4.78 is 0. The molecule has 1 heterocycles. The topological polar surface area (TPSA) is 28.7 Å². The Kier molecular flexibility index (Phi) is 3.09. The van der Waals surface area contributed by atoms with Gasteiger partial charge in [-0.25, -0.2) is 4.98 Å². The van der Waals surface area contributed by atoms with E-state index in [9.17, 15) is 0 Å². The highest BCUT2D eigenvalue weighted by Crippen LogP contribution is 1.93. The maximum absolute atomic E-state index is 4.31. The fourth-order valence-electron chi connectivity index (χ4n) is 1.29. The minimum absolute atomic E-state index is 1.01. The molecule has 1 N–H and O–H groups in total. The van der Waals surface area contributed by atoms with Crippen LogP contribution in [0.5, 0.6) is 0 Å². The first-order chi connectivity index (χ1) is 5.86. The first kappa shape index (κ1) is 9.04. The predicted octanol–water partition coefficient (Wildman–Crippen LogP) is 1.10. The van der Waals surface area contributed by atoms with Crippen LogP contribution in [0.25, 0.3) is 12.2 Å². The van der Waals surface area contributed by atoms with Crippen molar-refractivity contribution in [3.05, 3.63) is 16.5 Å². The van der Waals surface area contributed by atoms with E-state index in [4.69, 9.17) is 0 Å². The van der Waals surface area contributed by atoms with E-state index in [-0.39, 0.29) is 0 Å². The van der Waals surface area contributed by atoms with E-state index in [0.29, 0.717) is 0 Å². The molecule has 1 aromatic rings. The zero-order valence-electron chi connectivity index (χ0n) is 8.02. The van der Waals surface area contributed by atoms with E-state index >= 15 is 0 Å². The Morgan fingerprint density at radius 3 is 2.58 bits per heavy atom. The number of hydrogen-bond donors (Lipinski definition) is 1. The van der Waals surface area contributed by atoms with Gasteiger partial charge in [0, 0.05) is 0 Å². The zero-order chi connectivity index (χ0) is 8.97. The van der Waals surface area contributed by atoms with E-state index in [2.05, 4.69) is 22.1 Å². The molecule has 12 heavy (non-hydrogen) atoms. The van der Waals surface area contributed by atoms with Crippen molar-refractivity contribution in [1.82, 2.24) is 9.97 Å². The van der Waals surface area contributed by atoms with Crippen LogP contribution in [0.1, 0.15) is 32.5 Å². The molecule has 1 aromatic heterocycles. The Balaban J connectivity index is 0.000000336. The van der Waals surface area contributed by atoms with Gasteiger partial charge in [-0.1, -0.05) is 26.0 Å². The van der Waals surface area contributed by atoms with Crippen molar-refractivity contribution in [3.8, 4) is 0 Å². The summed E-state index contributed by atoms with van der Waals surface area (Å²) in [6, 6.07) is 0. The molecule has 2 heteroatoms. The number of imidazole rings is 1. The van der Waals surface area contributed by atoms with Crippen LogP contribution in [0, 0.1) is 6.92 Å². The molecule has 0 saturated heterocycles. The van der Waals surface area contributed by atoms with E-state index in [1.807, 2.05) is 20.8 Å². The molecule has 2 nitrogen and oxygen atoms in total. The highest BCUT2D eigenvalue weighted by atomic mass is 14.9. The van der Waals surface area contributed by atoms with Crippen molar-refractivity contribution in [1.29, 1.82) is 0 Å². The molecular formula is C10H16N2. The molecule has 66 valence electrons. The standard InChI is InChI=1S/C8H10N2.C2H6/c1-6-9-7-4-2-3-5-8(7)10-6;1-2/h4-5H,2-3H2,1H3,(H,9,10);1-2H3. The summed E-state index contributed by atoms with van der Waals surface area (Å²) in [6.45, 7) is 5.99. The van der Waals surface area contributed by atoms with Crippen molar-refractivity contribution in [2.45, 2.75) is 33.6 Å². The molecule has 0 bridgehead atoms. The summed E-state index contributed by atoms with van der Waals surface area (Å²) >= 11 is 0. The third-order valence-electron chi connectivity index (χ3n) is 1.73. The van der Waals surface area contributed by atoms with Crippen molar-refractivity contribution < 1.29 is 0 Å². The van der Waals surface area contributed by atoms with Crippen LogP contribution in [0.2, 0.25) is 0 Å². The molecular weight excluding hydrogens is 148 g/mol. The maximum atomic E-state index is 4.31. The molecule has 0 fully saturated rings. The first-order valence-corrected chi connectivity index (χ1v) is 4.59. The molecule has 2 rings (SSSR count). The summed E-state index contributed by atoms with van der Waals surface area (Å²) in [5, 5.41) is 2.33. The highest BCUT2D eigenvalue weighted by molar-refractivity contribution is 5.33. The summed E-state index contributed by atoms with van der Waals surface area (Å²) in [7, 11) is 0. The van der Waals surface area contributed by atoms with Gasteiger partial charge in [0.1, 0.15) is 5.82 Å². The quantitative estimate of drug-likeness (QED) is 0.611. The van der Waals surface area contributed by atoms with Crippen LogP contribution in [0.4, 0.5) is 0 Å². The second-order valence-corrected chi connectivity index (χ2v) is 2.61. The smallest absolute Gasteiger partial charge is 0.104 e. The average Bonchev–Trinajstić information content (AvgIpc) is 2.48. The Morgan fingerprint density at radius 1 is 1.25 bits per heavy atom. The molecule has 0 atom stereocenters. The number of hydrogen-bond acceptors (Lipinski definition) is 1. The summed E-state index contributed by atoms with van der Waals surface area (Å²) in [4.78, 5) is 7.51. The lowest BCUT2D eigenvalue weighted by Crippen LogP contribution is -2.26. The van der Waals surface area contributed by atoms with Crippen LogP contribution in [0.3, 0.4) is 0 Å². The van der Waals surface area contributed by atoms with Crippen molar-refractivity contribution in [2.24, 2.45) is 0 Å². The lowest BCUT2D eigenvalue weighted by Gasteiger charge is -1.89. The van der Waals surface area contributed by atoms with Gasteiger partial charge in [0.25, 0.3) is 0 Å². The Bertz CT molecular complexity index is 313. The van der Waals surface area contributed by atoms with Crippen molar-refractivity contribution >= 4 is 12.2 Å². The predicted molar refractivity (Wildman–Crippen MR) is 52.1 cm³/mol. The van der Waals surface area contributed by atoms with Gasteiger partial charge in [-0.3, -0.25) is 0 Å². The monoisotopic (exact) mass is 164 g/mol. The second-order valence-electron chi connectivity index (χ2n) is 2.61. The first-order valence-electron chi connectivity index (χ1n) is 4.59. The van der Waals surface area contributed by atoms with Crippen LogP contribution in [-0.2, 0) is 0 Å². The Morgan fingerprint density at radius 2 is 1.92 bits per heavy atom. The third-order valence-corrected chi connectivity index (χ3v) is 1.73. The molecule has 1 aliphatic rings. The summed E-state index contributed by atoms with van der Waals surface area (Å²) in [5.74, 6) is 1.01. The number of rotatable bonds is 0. The van der Waals surface area contributed by atoms with Gasteiger partial charge in [0.2, 0.25) is 0 Å². The fraction of sp³-hybridized carbons (Fsp3) is 0.500. The molecule has 1 aliphatic carbocycles. The van der Waals surface area contributed by atoms with E-state index < -0.39 is 0 Å². The van der Waals surface area contributed by atoms with Gasteiger partial charge in [-0.2, -0.15) is 0 Å². The van der Waals surface area contributed by atoms with Gasteiger partial charge in [-0.15, -0.1) is 0 Å². The average molecular weight is 164 g/mol. The van der Waals surface area contributed by atoms with Crippen molar-refractivity contribution in [2.75, 3.05) is 0 Å². The molecule has 0 saturated carbocycles. The normalized spacial score (nSPS) is 13.2. The lowest BCUT2D eigenvalue weighted by atomic mass is 10.2. The number of nitrogens with zero attached hydrogens (tertiary/aromatic N) is 1. The number of H-pyrrole nitrogens is 1. The second kappa shape index (κ2) is 4.10. The molecule has 0 unspecified atom stereocenters. The van der Waals surface area contributed by atoms with Crippen LogP contribution >= 0.6 is 0 Å². The summed E-state index contributed by atoms with van der Waals surface area (Å²) in [5.41, 5.74) is 0. The Labute approximate surface area is 73.0 Å². The number of nitrogens with one attached hydrogen (secondary N) is 1. The molecule has 0 spiro atoms. The number of aromatic nitrogens is 2. The van der Waals surface area contributed by atoms with E-state index in [1.165, 1.54) is 5.35 Å². The largest absolute Gasteiger partial charge is 0.342 e. The van der Waals surface area contributed by atoms with Gasteiger partial charge in [0.15, 0.2) is 0 Å². The lowest BCUT2D eigenvalue weighted by molar-refractivity contribution is 1.09. The number of aryl methyl sites for hydroxylation is 1. The van der Waals surface area contributed by atoms with Gasteiger partial charge < -0.3 is 4.98 Å².